The highest BCUT2D eigenvalue weighted by Gasteiger charge is 2.26. The second kappa shape index (κ2) is 7.65. The van der Waals surface area contributed by atoms with Crippen molar-refractivity contribution in [2.24, 2.45) is 11.1 Å². The molecule has 3 rings (SSSR count). The minimum atomic E-state index is -3.55. The molecule has 8 heteroatoms. The second-order valence-corrected chi connectivity index (χ2v) is 8.36. The van der Waals surface area contributed by atoms with Gasteiger partial charge in [-0.25, -0.2) is 13.6 Å². The van der Waals surface area contributed by atoms with Crippen molar-refractivity contribution < 1.29 is 17.9 Å². The van der Waals surface area contributed by atoms with Crippen molar-refractivity contribution in [1.29, 1.82) is 0 Å². The Hall–Kier alpha value is -2.09. The summed E-state index contributed by atoms with van der Waals surface area (Å²) in [4.78, 5) is 12.4. The quantitative estimate of drug-likeness (QED) is 0.810. The van der Waals surface area contributed by atoms with Crippen LogP contribution >= 0.6 is 11.6 Å². The summed E-state index contributed by atoms with van der Waals surface area (Å²) >= 11 is 6.00. The predicted octanol–water partition coefficient (Wildman–Crippen LogP) is 2.00. The lowest BCUT2D eigenvalue weighted by molar-refractivity contribution is -0.126. The molecule has 0 saturated heterocycles. The van der Waals surface area contributed by atoms with E-state index in [1.165, 1.54) is 0 Å². The van der Waals surface area contributed by atoms with Crippen molar-refractivity contribution in [3.63, 3.8) is 0 Å². The van der Waals surface area contributed by atoms with Crippen LogP contribution in [0.4, 0.5) is 0 Å². The summed E-state index contributed by atoms with van der Waals surface area (Å²) in [6, 6.07) is 12.3. The van der Waals surface area contributed by atoms with Gasteiger partial charge in [0.05, 0.1) is 11.7 Å². The van der Waals surface area contributed by atoms with Crippen molar-refractivity contribution in [1.82, 2.24) is 5.32 Å². The fourth-order valence-electron chi connectivity index (χ4n) is 2.85. The van der Waals surface area contributed by atoms with Crippen molar-refractivity contribution >= 4 is 27.5 Å². The number of hydrogen-bond acceptors (Lipinski definition) is 4. The van der Waals surface area contributed by atoms with Gasteiger partial charge in [-0.3, -0.25) is 4.79 Å². The number of hydrogen-bond donors (Lipinski definition) is 2. The summed E-state index contributed by atoms with van der Waals surface area (Å²) in [5.74, 6) is 0.192. The second-order valence-electron chi connectivity index (χ2n) is 6.31. The fourth-order valence-corrected chi connectivity index (χ4v) is 3.70. The van der Waals surface area contributed by atoms with E-state index in [-0.39, 0.29) is 17.6 Å². The number of nitrogens with two attached hydrogens (primary N) is 1. The number of sulfonamides is 1. The predicted molar refractivity (Wildman–Crippen MR) is 99.2 cm³/mol. The molecule has 2 aromatic rings. The maximum atomic E-state index is 12.4. The van der Waals surface area contributed by atoms with E-state index in [2.05, 4.69) is 5.32 Å². The summed E-state index contributed by atoms with van der Waals surface area (Å²) in [6.07, 6.45) is 0.578. The topological polar surface area (TPSA) is 98.5 Å². The molecular formula is C18H19ClN2O4S. The van der Waals surface area contributed by atoms with Crippen LogP contribution in [0.25, 0.3) is 0 Å². The van der Waals surface area contributed by atoms with Crippen LogP contribution in [0.3, 0.4) is 0 Å². The largest absolute Gasteiger partial charge is 0.492 e. The van der Waals surface area contributed by atoms with E-state index >= 15 is 0 Å². The maximum Gasteiger partial charge on any atom is 0.227 e. The van der Waals surface area contributed by atoms with Gasteiger partial charge in [0.1, 0.15) is 12.4 Å². The zero-order valence-corrected chi connectivity index (χ0v) is 15.5. The molecule has 1 heterocycles. The van der Waals surface area contributed by atoms with Crippen LogP contribution < -0.4 is 15.2 Å². The highest BCUT2D eigenvalue weighted by atomic mass is 35.5. The first-order valence-corrected chi connectivity index (χ1v) is 10.2. The highest BCUT2D eigenvalue weighted by Crippen LogP contribution is 2.29. The SMILES string of the molecule is NS(=O)(=O)Cc1ccc(CNC(=O)[C@H]2COc3ccc(Cl)cc3C2)cc1. The third-order valence-electron chi connectivity index (χ3n) is 4.16. The van der Waals surface area contributed by atoms with Crippen molar-refractivity contribution in [2.75, 3.05) is 6.61 Å². The molecule has 2 aromatic carbocycles. The van der Waals surface area contributed by atoms with Gasteiger partial charge in [0.2, 0.25) is 15.9 Å². The number of fused-ring (bicyclic) bond motifs is 1. The van der Waals surface area contributed by atoms with Crippen LogP contribution in [0.2, 0.25) is 5.02 Å². The van der Waals surface area contributed by atoms with Gasteiger partial charge in [-0.1, -0.05) is 35.9 Å². The number of carbonyl (C=O) groups is 1. The van der Waals surface area contributed by atoms with Crippen LogP contribution in [0, 0.1) is 5.92 Å². The van der Waals surface area contributed by atoms with E-state index < -0.39 is 10.0 Å². The Labute approximate surface area is 157 Å². The van der Waals surface area contributed by atoms with Crippen molar-refractivity contribution in [2.45, 2.75) is 18.7 Å². The first-order valence-electron chi connectivity index (χ1n) is 8.07. The molecule has 0 spiro atoms. The zero-order valence-electron chi connectivity index (χ0n) is 13.9. The van der Waals surface area contributed by atoms with Gasteiger partial charge in [-0.15, -0.1) is 0 Å². The molecule has 0 fully saturated rings. The Morgan fingerprint density at radius 3 is 2.58 bits per heavy atom. The standard InChI is InChI=1S/C18H19ClN2O4S/c19-16-5-6-17-14(8-16)7-15(10-25-17)18(22)21-9-12-1-3-13(4-2-12)11-26(20,23)24/h1-6,8,15H,7,9-11H2,(H,21,22)(H2,20,23,24)/t15-/m1/s1. The molecule has 26 heavy (non-hydrogen) atoms. The third kappa shape index (κ3) is 4.97. The molecule has 0 bridgehead atoms. The lowest BCUT2D eigenvalue weighted by Crippen LogP contribution is -2.37. The molecule has 0 radical (unpaired) electrons. The Morgan fingerprint density at radius 2 is 1.88 bits per heavy atom. The van der Waals surface area contributed by atoms with E-state index in [9.17, 15) is 13.2 Å². The maximum absolute atomic E-state index is 12.4. The number of carbonyl (C=O) groups excluding carboxylic acids is 1. The normalized spacial score (nSPS) is 16.5. The molecular weight excluding hydrogens is 376 g/mol. The summed E-state index contributed by atoms with van der Waals surface area (Å²) in [5.41, 5.74) is 2.41. The number of rotatable bonds is 5. The number of nitrogens with one attached hydrogen (secondary N) is 1. The van der Waals surface area contributed by atoms with Gasteiger partial charge in [0.25, 0.3) is 0 Å². The van der Waals surface area contributed by atoms with Crippen LogP contribution in [-0.4, -0.2) is 20.9 Å². The fraction of sp³-hybridized carbons (Fsp3) is 0.278. The molecule has 138 valence electrons. The Bertz CT molecular complexity index is 913. The molecule has 0 aliphatic carbocycles. The smallest absolute Gasteiger partial charge is 0.227 e. The summed E-state index contributed by atoms with van der Waals surface area (Å²) in [5, 5.41) is 8.53. The van der Waals surface area contributed by atoms with E-state index in [1.54, 1.807) is 30.3 Å². The molecule has 1 aliphatic rings. The summed E-state index contributed by atoms with van der Waals surface area (Å²) in [6.45, 7) is 0.682. The van der Waals surface area contributed by atoms with E-state index in [0.29, 0.717) is 30.2 Å². The third-order valence-corrected chi connectivity index (χ3v) is 5.13. The molecule has 0 aromatic heterocycles. The number of benzene rings is 2. The number of amides is 1. The molecule has 1 atom stereocenters. The van der Waals surface area contributed by atoms with Gasteiger partial charge >= 0.3 is 0 Å². The summed E-state index contributed by atoms with van der Waals surface area (Å²) in [7, 11) is -3.55. The molecule has 6 nitrogen and oxygen atoms in total. The minimum Gasteiger partial charge on any atom is -0.492 e. The summed E-state index contributed by atoms with van der Waals surface area (Å²) < 4.78 is 27.8. The van der Waals surface area contributed by atoms with E-state index in [1.807, 2.05) is 12.1 Å². The Balaban J connectivity index is 1.56. The van der Waals surface area contributed by atoms with Gasteiger partial charge in [0.15, 0.2) is 0 Å². The molecule has 3 N–H and O–H groups in total. The van der Waals surface area contributed by atoms with Crippen molar-refractivity contribution in [3.05, 3.63) is 64.2 Å². The monoisotopic (exact) mass is 394 g/mol. The van der Waals surface area contributed by atoms with E-state index in [0.717, 1.165) is 16.9 Å². The lowest BCUT2D eigenvalue weighted by atomic mass is 9.96. The Kier molecular flexibility index (Phi) is 5.50. The van der Waals surface area contributed by atoms with Crippen LogP contribution in [0.5, 0.6) is 5.75 Å². The van der Waals surface area contributed by atoms with Gasteiger partial charge in [-0.05, 0) is 41.3 Å². The first-order chi connectivity index (χ1) is 12.3. The molecule has 1 aliphatic heterocycles. The van der Waals surface area contributed by atoms with Crippen LogP contribution in [0.1, 0.15) is 16.7 Å². The average molecular weight is 395 g/mol. The van der Waals surface area contributed by atoms with Gasteiger partial charge < -0.3 is 10.1 Å². The first kappa shape index (κ1) is 18.7. The van der Waals surface area contributed by atoms with Crippen LogP contribution in [-0.2, 0) is 33.5 Å². The lowest BCUT2D eigenvalue weighted by Gasteiger charge is -2.24. The van der Waals surface area contributed by atoms with Crippen molar-refractivity contribution in [3.8, 4) is 5.75 Å². The van der Waals surface area contributed by atoms with Crippen LogP contribution in [0.15, 0.2) is 42.5 Å². The highest BCUT2D eigenvalue weighted by molar-refractivity contribution is 7.88. The molecule has 1 amide bonds. The Morgan fingerprint density at radius 1 is 1.19 bits per heavy atom. The number of primary sulfonamides is 1. The molecule has 0 saturated carbocycles. The molecule has 0 unspecified atom stereocenters. The average Bonchev–Trinajstić information content (AvgIpc) is 2.59. The zero-order chi connectivity index (χ0) is 18.7. The van der Waals surface area contributed by atoms with E-state index in [4.69, 9.17) is 21.5 Å². The minimum absolute atomic E-state index is 0.0933. The van der Waals surface area contributed by atoms with Gasteiger partial charge in [0, 0.05) is 11.6 Å². The number of ether oxygens (including phenoxy) is 1. The number of halogens is 1. The van der Waals surface area contributed by atoms with Gasteiger partial charge in [-0.2, -0.15) is 0 Å².